The van der Waals surface area contributed by atoms with E-state index in [9.17, 15) is 13.2 Å². The fourth-order valence-corrected chi connectivity index (χ4v) is 1.62. The molecule has 1 aromatic rings. The zero-order chi connectivity index (χ0) is 12.9. The number of rotatable bonds is 5. The second kappa shape index (κ2) is 5.69. The van der Waals surface area contributed by atoms with Crippen LogP contribution in [0.3, 0.4) is 0 Å². The number of primary sulfonamides is 1. The van der Waals surface area contributed by atoms with Gasteiger partial charge in [0.15, 0.2) is 0 Å². The van der Waals surface area contributed by atoms with Gasteiger partial charge in [-0.1, -0.05) is 0 Å². The Hall–Kier alpha value is -1.54. The van der Waals surface area contributed by atoms with Gasteiger partial charge in [0.25, 0.3) is 5.91 Å². The molecule has 0 unspecified atom stereocenters. The molecule has 8 heteroatoms. The molecule has 1 rings (SSSR count). The minimum atomic E-state index is -3.47. The molecule has 0 aromatic carbocycles. The van der Waals surface area contributed by atoms with E-state index in [-0.39, 0.29) is 30.3 Å². The van der Waals surface area contributed by atoms with Gasteiger partial charge in [0.1, 0.15) is 5.69 Å². The number of carbonyl (C=O) groups excluding carboxylic acids is 1. The van der Waals surface area contributed by atoms with Crippen LogP contribution in [0.25, 0.3) is 0 Å². The van der Waals surface area contributed by atoms with Gasteiger partial charge >= 0.3 is 0 Å². The smallest absolute Gasteiger partial charge is 0.271 e. The number of sulfonamides is 1. The van der Waals surface area contributed by atoms with Crippen LogP contribution >= 0.6 is 0 Å². The molecule has 0 saturated heterocycles. The highest BCUT2D eigenvalue weighted by Gasteiger charge is 2.07. The predicted molar refractivity (Wildman–Crippen MR) is 61.7 cm³/mol. The molecular formula is C9H14N4O3S. The molecule has 94 valence electrons. The highest BCUT2D eigenvalue weighted by Crippen LogP contribution is 1.94. The van der Waals surface area contributed by atoms with Crippen LogP contribution in [0.1, 0.15) is 22.6 Å². The van der Waals surface area contributed by atoms with Crippen molar-refractivity contribution in [3.05, 3.63) is 23.8 Å². The van der Waals surface area contributed by atoms with Gasteiger partial charge in [0.2, 0.25) is 10.0 Å². The Morgan fingerprint density at radius 1 is 1.41 bits per heavy atom. The second-order valence-corrected chi connectivity index (χ2v) is 5.25. The maximum Gasteiger partial charge on any atom is 0.271 e. The molecule has 0 aliphatic carbocycles. The molecule has 0 bridgehead atoms. The Morgan fingerprint density at radius 3 is 2.65 bits per heavy atom. The van der Waals surface area contributed by atoms with Crippen molar-refractivity contribution in [1.29, 1.82) is 0 Å². The van der Waals surface area contributed by atoms with Gasteiger partial charge < -0.3 is 5.32 Å². The SMILES string of the molecule is Cc1cnc(C(=O)NCCCS(N)(=O)=O)cn1. The van der Waals surface area contributed by atoms with Crippen molar-refractivity contribution in [1.82, 2.24) is 15.3 Å². The van der Waals surface area contributed by atoms with Crippen LogP contribution in [0, 0.1) is 6.92 Å². The van der Waals surface area contributed by atoms with Gasteiger partial charge in [-0.15, -0.1) is 0 Å². The van der Waals surface area contributed by atoms with Gasteiger partial charge in [0.05, 0.1) is 17.6 Å². The molecule has 1 aromatic heterocycles. The first-order valence-corrected chi connectivity index (χ1v) is 6.67. The van der Waals surface area contributed by atoms with Gasteiger partial charge in [-0.05, 0) is 13.3 Å². The van der Waals surface area contributed by atoms with Crippen LogP contribution in [0.4, 0.5) is 0 Å². The zero-order valence-corrected chi connectivity index (χ0v) is 10.2. The monoisotopic (exact) mass is 258 g/mol. The van der Waals surface area contributed by atoms with Crippen LogP contribution < -0.4 is 10.5 Å². The molecule has 0 fully saturated rings. The molecule has 0 atom stereocenters. The van der Waals surface area contributed by atoms with E-state index in [1.165, 1.54) is 12.4 Å². The van der Waals surface area contributed by atoms with E-state index in [1.54, 1.807) is 6.92 Å². The first-order valence-electron chi connectivity index (χ1n) is 4.96. The first-order chi connectivity index (χ1) is 7.88. The third kappa shape index (κ3) is 5.36. The van der Waals surface area contributed by atoms with Crippen LogP contribution in [0.2, 0.25) is 0 Å². The van der Waals surface area contributed by atoms with Crippen molar-refractivity contribution in [2.75, 3.05) is 12.3 Å². The maximum atomic E-state index is 11.5. The van der Waals surface area contributed by atoms with Gasteiger partial charge in [0, 0.05) is 12.7 Å². The van der Waals surface area contributed by atoms with Gasteiger partial charge in [-0.2, -0.15) is 0 Å². The lowest BCUT2D eigenvalue weighted by Gasteiger charge is -2.03. The number of nitrogens with two attached hydrogens (primary N) is 1. The lowest BCUT2D eigenvalue weighted by Crippen LogP contribution is -2.28. The molecule has 3 N–H and O–H groups in total. The van der Waals surface area contributed by atoms with Crippen molar-refractivity contribution in [2.45, 2.75) is 13.3 Å². The molecule has 17 heavy (non-hydrogen) atoms. The fraction of sp³-hybridized carbons (Fsp3) is 0.444. The Kier molecular flexibility index (Phi) is 4.53. The number of amides is 1. The van der Waals surface area contributed by atoms with Crippen molar-refractivity contribution >= 4 is 15.9 Å². The number of hydrogen-bond donors (Lipinski definition) is 2. The van der Waals surface area contributed by atoms with Crippen LogP contribution in [-0.4, -0.2) is 36.6 Å². The van der Waals surface area contributed by atoms with E-state index < -0.39 is 10.0 Å². The summed E-state index contributed by atoms with van der Waals surface area (Å²) >= 11 is 0. The molecule has 0 aliphatic rings. The van der Waals surface area contributed by atoms with Gasteiger partial charge in [-0.3, -0.25) is 9.78 Å². The summed E-state index contributed by atoms with van der Waals surface area (Å²) in [4.78, 5) is 19.3. The minimum absolute atomic E-state index is 0.160. The predicted octanol–water partition coefficient (Wildman–Crippen LogP) is -0.807. The highest BCUT2D eigenvalue weighted by molar-refractivity contribution is 7.89. The summed E-state index contributed by atoms with van der Waals surface area (Å²) in [6.45, 7) is 1.99. The van der Waals surface area contributed by atoms with Crippen molar-refractivity contribution < 1.29 is 13.2 Å². The van der Waals surface area contributed by atoms with E-state index in [1.807, 2.05) is 0 Å². The topological polar surface area (TPSA) is 115 Å². The molecule has 1 heterocycles. The Labute approximate surface area is 99.5 Å². The Balaban J connectivity index is 2.38. The lowest BCUT2D eigenvalue weighted by molar-refractivity contribution is 0.0948. The number of nitrogens with one attached hydrogen (secondary N) is 1. The van der Waals surface area contributed by atoms with Crippen molar-refractivity contribution in [2.24, 2.45) is 5.14 Å². The van der Waals surface area contributed by atoms with Crippen molar-refractivity contribution in [3.63, 3.8) is 0 Å². The average Bonchev–Trinajstić information content (AvgIpc) is 2.24. The Bertz CT molecular complexity index is 483. The minimum Gasteiger partial charge on any atom is -0.351 e. The quantitative estimate of drug-likeness (QED) is 0.670. The fourth-order valence-electron chi connectivity index (χ4n) is 1.08. The highest BCUT2D eigenvalue weighted by atomic mass is 32.2. The average molecular weight is 258 g/mol. The van der Waals surface area contributed by atoms with Crippen LogP contribution in [0.5, 0.6) is 0 Å². The largest absolute Gasteiger partial charge is 0.351 e. The van der Waals surface area contributed by atoms with E-state index in [0.29, 0.717) is 0 Å². The molecule has 0 radical (unpaired) electrons. The molecule has 7 nitrogen and oxygen atoms in total. The number of hydrogen-bond acceptors (Lipinski definition) is 5. The summed E-state index contributed by atoms with van der Waals surface area (Å²) in [6.07, 6.45) is 3.12. The molecule has 1 amide bonds. The zero-order valence-electron chi connectivity index (χ0n) is 9.38. The van der Waals surface area contributed by atoms with Crippen LogP contribution in [-0.2, 0) is 10.0 Å². The number of aryl methyl sites for hydroxylation is 1. The maximum absolute atomic E-state index is 11.5. The van der Waals surface area contributed by atoms with Crippen molar-refractivity contribution in [3.8, 4) is 0 Å². The lowest BCUT2D eigenvalue weighted by atomic mass is 10.4. The standard InChI is InChI=1S/C9H14N4O3S/c1-7-5-13-8(6-12-7)9(14)11-3-2-4-17(10,15)16/h5-6H,2-4H2,1H3,(H,11,14)(H2,10,15,16). The van der Waals surface area contributed by atoms with Crippen LogP contribution in [0.15, 0.2) is 12.4 Å². The normalized spacial score (nSPS) is 11.2. The van der Waals surface area contributed by atoms with E-state index in [4.69, 9.17) is 5.14 Å². The summed E-state index contributed by atoms with van der Waals surface area (Å²) < 4.78 is 21.3. The number of carbonyl (C=O) groups is 1. The van der Waals surface area contributed by atoms with E-state index >= 15 is 0 Å². The molecular weight excluding hydrogens is 244 g/mol. The van der Waals surface area contributed by atoms with E-state index in [2.05, 4.69) is 15.3 Å². The molecule has 0 spiro atoms. The molecule has 0 aliphatic heterocycles. The summed E-state index contributed by atoms with van der Waals surface area (Å²) in [5.74, 6) is -0.542. The Morgan fingerprint density at radius 2 is 2.12 bits per heavy atom. The first kappa shape index (κ1) is 13.5. The third-order valence-electron chi connectivity index (χ3n) is 1.90. The van der Waals surface area contributed by atoms with E-state index in [0.717, 1.165) is 5.69 Å². The summed E-state index contributed by atoms with van der Waals surface area (Å²) in [7, 11) is -3.47. The second-order valence-electron chi connectivity index (χ2n) is 3.52. The molecule has 0 saturated carbocycles. The summed E-state index contributed by atoms with van der Waals surface area (Å²) in [5, 5.41) is 7.35. The van der Waals surface area contributed by atoms with Gasteiger partial charge in [-0.25, -0.2) is 18.5 Å². The summed E-state index contributed by atoms with van der Waals surface area (Å²) in [6, 6.07) is 0. The summed E-state index contributed by atoms with van der Waals surface area (Å²) in [5.41, 5.74) is 0.919. The number of nitrogens with zero attached hydrogens (tertiary/aromatic N) is 2. The number of aromatic nitrogens is 2. The third-order valence-corrected chi connectivity index (χ3v) is 2.76.